The molecule has 5 saturated carbocycles. The van der Waals surface area contributed by atoms with E-state index >= 15 is 0 Å². The topological polar surface area (TPSA) is 66.0 Å². The zero-order valence-corrected chi connectivity index (χ0v) is 21.5. The molecule has 2 aromatic rings. The van der Waals surface area contributed by atoms with Gasteiger partial charge in [-0.25, -0.2) is 0 Å². The summed E-state index contributed by atoms with van der Waals surface area (Å²) in [7, 11) is 3.69. The molecule has 0 aromatic heterocycles. The van der Waals surface area contributed by atoms with E-state index in [1.807, 2.05) is 14.2 Å². The normalized spacial score (nSPS) is 44.9. The first-order valence-corrected chi connectivity index (χ1v) is 14.4. The van der Waals surface area contributed by atoms with Gasteiger partial charge < -0.3 is 9.47 Å². The van der Waals surface area contributed by atoms with Crippen molar-refractivity contribution in [3.8, 4) is 23.6 Å². The predicted octanol–water partition coefficient (Wildman–Crippen LogP) is 6.58. The third kappa shape index (κ3) is 2.21. The Morgan fingerprint density at radius 3 is 1.46 bits per heavy atom. The third-order valence-corrected chi connectivity index (χ3v) is 12.9. The lowest BCUT2D eigenvalue weighted by Crippen LogP contribution is -2.44. The molecule has 7 aliphatic rings. The van der Waals surface area contributed by atoms with Crippen molar-refractivity contribution in [2.24, 2.45) is 59.2 Å². The summed E-state index contributed by atoms with van der Waals surface area (Å²) in [5.41, 5.74) is 4.64. The molecule has 4 heteroatoms. The molecule has 186 valence electrons. The Hall–Kier alpha value is -2.98. The van der Waals surface area contributed by atoms with Crippen LogP contribution in [0.15, 0.2) is 35.4 Å². The SMILES string of the molecule is COc1c2c(c(OC)c3ccccc13)[C@@H]1C[C@H]2[C@@H]2C[C@H]3[C@@H](C[C@@H]21)[C@@H]1C[C@H]3[C@@H]2[C@H]1[C@@H]1C[C@H]2C(C#N)=C1C#N. The van der Waals surface area contributed by atoms with E-state index in [4.69, 9.17) is 9.47 Å². The minimum absolute atomic E-state index is 0.375. The van der Waals surface area contributed by atoms with Crippen molar-refractivity contribution in [2.45, 2.75) is 43.9 Å². The van der Waals surface area contributed by atoms with E-state index in [-0.39, 0.29) is 0 Å². The molecule has 4 nitrogen and oxygen atoms in total. The van der Waals surface area contributed by atoms with Crippen molar-refractivity contribution in [3.63, 3.8) is 0 Å². The lowest BCUT2D eigenvalue weighted by Gasteiger charge is -2.50. The summed E-state index contributed by atoms with van der Waals surface area (Å²) in [6.45, 7) is 0. The van der Waals surface area contributed by atoms with Crippen LogP contribution in [0.5, 0.6) is 11.5 Å². The van der Waals surface area contributed by atoms with Crippen molar-refractivity contribution in [2.75, 3.05) is 14.2 Å². The van der Waals surface area contributed by atoms with Gasteiger partial charge in [0.25, 0.3) is 0 Å². The van der Waals surface area contributed by atoms with Crippen LogP contribution in [-0.4, -0.2) is 14.2 Å². The molecule has 0 unspecified atom stereocenters. The van der Waals surface area contributed by atoms with Crippen LogP contribution in [0.25, 0.3) is 10.8 Å². The zero-order chi connectivity index (χ0) is 24.7. The van der Waals surface area contributed by atoms with E-state index < -0.39 is 0 Å². The lowest BCUT2D eigenvalue weighted by atomic mass is 9.54. The average Bonchev–Trinajstić information content (AvgIpc) is 3.76. The molecule has 0 spiro atoms. The first-order chi connectivity index (χ1) is 18.2. The monoisotopic (exact) mass is 488 g/mol. The van der Waals surface area contributed by atoms with Gasteiger partial charge in [-0.1, -0.05) is 24.3 Å². The van der Waals surface area contributed by atoms with Gasteiger partial charge in [0.1, 0.15) is 11.5 Å². The molecule has 0 N–H and O–H groups in total. The van der Waals surface area contributed by atoms with Crippen LogP contribution in [0.1, 0.15) is 55.1 Å². The van der Waals surface area contributed by atoms with Crippen molar-refractivity contribution < 1.29 is 9.47 Å². The molecular formula is C33H32N2O2. The largest absolute Gasteiger partial charge is 0.496 e. The van der Waals surface area contributed by atoms with Crippen molar-refractivity contribution in [1.29, 1.82) is 10.5 Å². The van der Waals surface area contributed by atoms with Gasteiger partial charge in [0.2, 0.25) is 0 Å². The summed E-state index contributed by atoms with van der Waals surface area (Å²) in [6, 6.07) is 13.6. The summed E-state index contributed by atoms with van der Waals surface area (Å²) in [4.78, 5) is 0. The van der Waals surface area contributed by atoms with Crippen LogP contribution >= 0.6 is 0 Å². The van der Waals surface area contributed by atoms with Crippen LogP contribution in [0.3, 0.4) is 0 Å². The van der Waals surface area contributed by atoms with Gasteiger partial charge >= 0.3 is 0 Å². The van der Waals surface area contributed by atoms with Crippen LogP contribution in [0.2, 0.25) is 0 Å². The number of benzene rings is 2. The highest BCUT2D eigenvalue weighted by molar-refractivity contribution is 5.97. The molecule has 6 bridgehead atoms. The van der Waals surface area contributed by atoms with Crippen LogP contribution < -0.4 is 9.47 Å². The van der Waals surface area contributed by atoms with Gasteiger partial charge in [0.15, 0.2) is 0 Å². The molecule has 7 aliphatic carbocycles. The van der Waals surface area contributed by atoms with E-state index in [9.17, 15) is 10.5 Å². The summed E-state index contributed by atoms with van der Waals surface area (Å²) in [6.07, 6.45) is 6.39. The van der Waals surface area contributed by atoms with Gasteiger partial charge in [0.05, 0.1) is 26.4 Å². The smallest absolute Gasteiger partial charge is 0.130 e. The molecule has 2 aromatic carbocycles. The molecule has 12 atom stereocenters. The summed E-state index contributed by atoms with van der Waals surface area (Å²) < 4.78 is 12.3. The maximum Gasteiger partial charge on any atom is 0.130 e. The Bertz CT molecular complexity index is 1400. The number of ether oxygens (including phenoxy) is 2. The Morgan fingerprint density at radius 2 is 1.03 bits per heavy atom. The van der Waals surface area contributed by atoms with E-state index in [1.54, 1.807) is 0 Å². The fraction of sp³-hybridized carbons (Fsp3) is 0.576. The predicted molar refractivity (Wildman–Crippen MR) is 139 cm³/mol. The number of fused-ring (bicyclic) bond motifs is 21. The minimum atomic E-state index is 0.375. The molecule has 0 aliphatic heterocycles. The summed E-state index contributed by atoms with van der Waals surface area (Å²) in [5, 5.41) is 22.1. The van der Waals surface area contributed by atoms with E-state index in [1.165, 1.54) is 47.6 Å². The molecule has 0 amide bonds. The zero-order valence-electron chi connectivity index (χ0n) is 21.5. The third-order valence-electron chi connectivity index (χ3n) is 12.9. The fourth-order valence-corrected chi connectivity index (χ4v) is 12.3. The number of nitriles is 2. The van der Waals surface area contributed by atoms with Crippen LogP contribution in [0, 0.1) is 81.8 Å². The molecular weight excluding hydrogens is 456 g/mol. The number of rotatable bonds is 2. The fourth-order valence-electron chi connectivity index (χ4n) is 12.3. The van der Waals surface area contributed by atoms with Crippen LogP contribution in [-0.2, 0) is 0 Å². The van der Waals surface area contributed by atoms with E-state index in [2.05, 4.69) is 36.4 Å². The maximum absolute atomic E-state index is 9.89. The second-order valence-electron chi connectivity index (χ2n) is 13.2. The maximum atomic E-state index is 9.89. The van der Waals surface area contributed by atoms with E-state index in [0.717, 1.165) is 64.6 Å². The van der Waals surface area contributed by atoms with E-state index in [0.29, 0.717) is 35.5 Å². The standard InChI is InChI=1S/C33H32N2O2/c1-36-32-14-5-3-4-6-15(14)33(37-2)31-23-10-22(30(31)32)18-7-16-17(8-19(18)23)21-9-20(16)28-24-11-25(29(21)28)27(13-35)26(24)12-34/h3-6,16-25,28-29H,7-11H2,1-2H3/t16-,17+,18+,19-,20+,21-,22-,23+,24-,25+,28-,29+. The lowest BCUT2D eigenvalue weighted by molar-refractivity contribution is 0.00897. The minimum Gasteiger partial charge on any atom is -0.496 e. The van der Waals surface area contributed by atoms with Crippen molar-refractivity contribution in [1.82, 2.24) is 0 Å². The highest BCUT2D eigenvalue weighted by Gasteiger charge is 2.70. The number of hydrogen-bond donors (Lipinski definition) is 0. The number of nitrogens with zero attached hydrogens (tertiary/aromatic N) is 2. The number of methoxy groups -OCH3 is 2. The van der Waals surface area contributed by atoms with Gasteiger partial charge in [-0.05, 0) is 103 Å². The molecule has 37 heavy (non-hydrogen) atoms. The first kappa shape index (κ1) is 21.0. The Morgan fingerprint density at radius 1 is 0.595 bits per heavy atom. The van der Waals surface area contributed by atoms with Gasteiger partial charge in [0, 0.05) is 33.0 Å². The number of hydrogen-bond acceptors (Lipinski definition) is 4. The highest BCUT2D eigenvalue weighted by Crippen LogP contribution is 2.77. The van der Waals surface area contributed by atoms with Crippen LogP contribution in [0.4, 0.5) is 0 Å². The van der Waals surface area contributed by atoms with Gasteiger partial charge in [-0.15, -0.1) is 0 Å². The molecule has 9 rings (SSSR count). The molecule has 5 fully saturated rings. The van der Waals surface area contributed by atoms with Crippen molar-refractivity contribution in [3.05, 3.63) is 46.5 Å². The van der Waals surface area contributed by atoms with Crippen molar-refractivity contribution >= 4 is 10.8 Å². The second-order valence-corrected chi connectivity index (χ2v) is 13.2. The van der Waals surface area contributed by atoms with Gasteiger partial charge in [-0.3, -0.25) is 0 Å². The summed E-state index contributed by atoms with van der Waals surface area (Å²) >= 11 is 0. The quantitative estimate of drug-likeness (QED) is 0.448. The second kappa shape index (κ2) is 6.91. The average molecular weight is 489 g/mol. The Kier molecular flexibility index (Phi) is 3.92. The highest BCUT2D eigenvalue weighted by atomic mass is 16.5. The first-order valence-electron chi connectivity index (χ1n) is 14.4. The molecule has 0 radical (unpaired) electrons. The molecule has 0 saturated heterocycles. The number of allylic oxidation sites excluding steroid dienone is 2. The Labute approximate surface area is 218 Å². The Balaban J connectivity index is 1.13. The van der Waals surface area contributed by atoms with Gasteiger partial charge in [-0.2, -0.15) is 10.5 Å². The summed E-state index contributed by atoms with van der Waals surface area (Å²) in [5.74, 6) is 10.1. The molecule has 0 heterocycles.